The minimum absolute atomic E-state index is 0.0112. The predicted octanol–water partition coefficient (Wildman–Crippen LogP) is 4.52. The van der Waals surface area contributed by atoms with Gasteiger partial charge in [-0.2, -0.15) is 5.26 Å². The first-order chi connectivity index (χ1) is 15.8. The molecule has 0 radical (unpaired) electrons. The van der Waals surface area contributed by atoms with Crippen LogP contribution < -0.4 is 14.8 Å². The van der Waals surface area contributed by atoms with Crippen LogP contribution in [0, 0.1) is 11.3 Å². The van der Waals surface area contributed by atoms with E-state index in [-0.39, 0.29) is 23.8 Å². The van der Waals surface area contributed by atoms with Gasteiger partial charge in [0.2, 0.25) is 0 Å². The molecule has 0 unspecified atom stereocenters. The smallest absolute Gasteiger partial charge is 0.335 e. The molecule has 172 valence electrons. The molecule has 7 heteroatoms. The van der Waals surface area contributed by atoms with Gasteiger partial charge in [-0.15, -0.1) is 6.58 Å². The monoisotopic (exact) mass is 448 g/mol. The van der Waals surface area contributed by atoms with Crippen LogP contribution in [-0.2, 0) is 17.8 Å². The lowest BCUT2D eigenvalue weighted by molar-refractivity contribution is -0.117. The number of ether oxygens (including phenoxy) is 2. The largest absolute Gasteiger partial charge is 0.490 e. The Hall–Kier alpha value is -4.05. The Kier molecular flexibility index (Phi) is 9.25. The van der Waals surface area contributed by atoms with Crippen molar-refractivity contribution >= 4 is 18.0 Å². The average Bonchev–Trinajstić information content (AvgIpc) is 2.77. The van der Waals surface area contributed by atoms with Crippen molar-refractivity contribution < 1.29 is 24.2 Å². The standard InChI is InChI=1S/C26H28N2O5/c1-5-7-21-12-19(13-22(15-27)25(29)28-17(3)4)14-23(32-6-2)24(21)33-16-18-8-10-20(11-9-18)26(30)31/h5,8-14,17H,1,6-7,16H2,2-4H3,(H,28,29)(H,30,31)/b22-13-. The average molecular weight is 449 g/mol. The zero-order valence-corrected chi connectivity index (χ0v) is 19.1. The summed E-state index contributed by atoms with van der Waals surface area (Å²) < 4.78 is 11.9. The van der Waals surface area contributed by atoms with Gasteiger partial charge in [-0.1, -0.05) is 18.2 Å². The van der Waals surface area contributed by atoms with E-state index in [0.29, 0.717) is 30.1 Å². The first-order valence-electron chi connectivity index (χ1n) is 10.6. The normalized spacial score (nSPS) is 10.9. The SMILES string of the molecule is C=CCc1cc(/C=C(/C#N)C(=O)NC(C)C)cc(OCC)c1OCc1ccc(C(=O)O)cc1. The molecule has 0 saturated heterocycles. The van der Waals surface area contributed by atoms with E-state index in [1.807, 2.05) is 32.9 Å². The molecule has 2 N–H and O–H groups in total. The van der Waals surface area contributed by atoms with Crippen molar-refractivity contribution in [3.63, 3.8) is 0 Å². The predicted molar refractivity (Wildman–Crippen MR) is 126 cm³/mol. The van der Waals surface area contributed by atoms with Crippen LogP contribution in [0.25, 0.3) is 6.08 Å². The number of rotatable bonds is 11. The lowest BCUT2D eigenvalue weighted by Crippen LogP contribution is -2.30. The molecular weight excluding hydrogens is 420 g/mol. The van der Waals surface area contributed by atoms with Crippen LogP contribution in [0.2, 0.25) is 0 Å². The third-order valence-corrected chi connectivity index (χ3v) is 4.50. The van der Waals surface area contributed by atoms with Crippen LogP contribution in [0.5, 0.6) is 11.5 Å². The van der Waals surface area contributed by atoms with Crippen LogP contribution in [0.1, 0.15) is 47.8 Å². The zero-order chi connectivity index (χ0) is 24.4. The first kappa shape index (κ1) is 25.2. The number of nitriles is 1. The van der Waals surface area contributed by atoms with Gasteiger partial charge < -0.3 is 19.9 Å². The van der Waals surface area contributed by atoms with Crippen LogP contribution in [0.3, 0.4) is 0 Å². The van der Waals surface area contributed by atoms with Crippen molar-refractivity contribution in [3.8, 4) is 17.6 Å². The lowest BCUT2D eigenvalue weighted by atomic mass is 10.0. The minimum Gasteiger partial charge on any atom is -0.490 e. The second-order valence-electron chi connectivity index (χ2n) is 7.52. The van der Waals surface area contributed by atoms with Gasteiger partial charge in [0.25, 0.3) is 5.91 Å². The van der Waals surface area contributed by atoms with Gasteiger partial charge in [-0.25, -0.2) is 4.79 Å². The Labute approximate surface area is 194 Å². The van der Waals surface area contributed by atoms with E-state index in [4.69, 9.17) is 14.6 Å². The van der Waals surface area contributed by atoms with E-state index in [1.165, 1.54) is 18.2 Å². The van der Waals surface area contributed by atoms with Crippen molar-refractivity contribution in [2.24, 2.45) is 0 Å². The number of nitrogens with zero attached hydrogens (tertiary/aromatic N) is 1. The summed E-state index contributed by atoms with van der Waals surface area (Å²) in [4.78, 5) is 23.3. The Morgan fingerprint density at radius 1 is 1.21 bits per heavy atom. The molecule has 0 aliphatic rings. The van der Waals surface area contributed by atoms with Crippen LogP contribution in [-0.4, -0.2) is 29.6 Å². The molecule has 1 amide bonds. The molecule has 0 aliphatic carbocycles. The van der Waals surface area contributed by atoms with Crippen LogP contribution in [0.4, 0.5) is 0 Å². The highest BCUT2D eigenvalue weighted by Crippen LogP contribution is 2.35. The lowest BCUT2D eigenvalue weighted by Gasteiger charge is -2.17. The Morgan fingerprint density at radius 3 is 2.45 bits per heavy atom. The number of carbonyl (C=O) groups excluding carboxylic acids is 1. The number of carbonyl (C=O) groups is 2. The summed E-state index contributed by atoms with van der Waals surface area (Å²) >= 11 is 0. The van der Waals surface area contributed by atoms with Gasteiger partial charge in [0.15, 0.2) is 11.5 Å². The molecule has 0 heterocycles. The molecule has 0 fully saturated rings. The third kappa shape index (κ3) is 7.25. The van der Waals surface area contributed by atoms with Crippen molar-refractivity contribution in [1.29, 1.82) is 5.26 Å². The Balaban J connectivity index is 2.40. The fraction of sp³-hybridized carbons (Fsp3) is 0.269. The second-order valence-corrected chi connectivity index (χ2v) is 7.52. The fourth-order valence-electron chi connectivity index (χ4n) is 3.05. The van der Waals surface area contributed by atoms with Crippen molar-refractivity contribution in [1.82, 2.24) is 5.32 Å². The van der Waals surface area contributed by atoms with Crippen molar-refractivity contribution in [2.45, 2.75) is 39.8 Å². The Bertz CT molecular complexity index is 1080. The fourth-order valence-corrected chi connectivity index (χ4v) is 3.05. The number of hydrogen-bond acceptors (Lipinski definition) is 5. The summed E-state index contributed by atoms with van der Waals surface area (Å²) in [7, 11) is 0. The number of aromatic carboxylic acids is 1. The first-order valence-corrected chi connectivity index (χ1v) is 10.6. The number of amides is 1. The topological polar surface area (TPSA) is 109 Å². The third-order valence-electron chi connectivity index (χ3n) is 4.50. The molecular formula is C26H28N2O5. The number of nitrogens with one attached hydrogen (secondary N) is 1. The maximum absolute atomic E-state index is 12.3. The molecule has 0 aromatic heterocycles. The van der Waals surface area contributed by atoms with E-state index >= 15 is 0 Å². The molecule has 0 bridgehead atoms. The minimum atomic E-state index is -0.989. The molecule has 0 spiro atoms. The summed E-state index contributed by atoms with van der Waals surface area (Å²) in [6, 6.07) is 11.8. The maximum atomic E-state index is 12.3. The highest BCUT2D eigenvalue weighted by molar-refractivity contribution is 6.01. The molecule has 33 heavy (non-hydrogen) atoms. The van der Waals surface area contributed by atoms with Crippen molar-refractivity contribution in [3.05, 3.63) is 76.9 Å². The van der Waals surface area contributed by atoms with Gasteiger partial charge in [0.1, 0.15) is 18.2 Å². The zero-order valence-electron chi connectivity index (χ0n) is 19.1. The second kappa shape index (κ2) is 12.1. The molecule has 2 aromatic carbocycles. The quantitative estimate of drug-likeness (QED) is 0.297. The molecule has 2 aromatic rings. The summed E-state index contributed by atoms with van der Waals surface area (Å²) in [5, 5.41) is 21.2. The molecule has 0 aliphatic heterocycles. The van der Waals surface area contributed by atoms with Crippen molar-refractivity contribution in [2.75, 3.05) is 6.61 Å². The number of carboxylic acids is 1. The van der Waals surface area contributed by atoms with Crippen LogP contribution >= 0.6 is 0 Å². The maximum Gasteiger partial charge on any atom is 0.335 e. The number of hydrogen-bond donors (Lipinski definition) is 2. The van der Waals surface area contributed by atoms with Gasteiger partial charge in [0, 0.05) is 11.6 Å². The van der Waals surface area contributed by atoms with E-state index in [2.05, 4.69) is 11.9 Å². The summed E-state index contributed by atoms with van der Waals surface area (Å²) in [6.45, 7) is 9.90. The Morgan fingerprint density at radius 2 is 1.91 bits per heavy atom. The highest BCUT2D eigenvalue weighted by atomic mass is 16.5. The van der Waals surface area contributed by atoms with Gasteiger partial charge in [-0.3, -0.25) is 4.79 Å². The molecule has 7 nitrogen and oxygen atoms in total. The van der Waals surface area contributed by atoms with E-state index < -0.39 is 11.9 Å². The molecule has 2 rings (SSSR count). The van der Waals surface area contributed by atoms with Crippen LogP contribution in [0.15, 0.2) is 54.6 Å². The number of carboxylic acid groups (broad SMARTS) is 1. The number of benzene rings is 2. The molecule has 0 saturated carbocycles. The van der Waals surface area contributed by atoms with E-state index in [0.717, 1.165) is 11.1 Å². The highest BCUT2D eigenvalue weighted by Gasteiger charge is 2.16. The van der Waals surface area contributed by atoms with Gasteiger partial charge >= 0.3 is 5.97 Å². The van der Waals surface area contributed by atoms with Gasteiger partial charge in [0.05, 0.1) is 12.2 Å². The summed E-state index contributed by atoms with van der Waals surface area (Å²) in [6.07, 6.45) is 3.72. The van der Waals surface area contributed by atoms with Gasteiger partial charge in [-0.05, 0) is 68.7 Å². The summed E-state index contributed by atoms with van der Waals surface area (Å²) in [5.74, 6) is -0.425. The van der Waals surface area contributed by atoms with E-state index in [1.54, 1.807) is 24.3 Å². The number of allylic oxidation sites excluding steroid dienone is 1. The van der Waals surface area contributed by atoms with E-state index in [9.17, 15) is 14.9 Å². The molecule has 0 atom stereocenters. The summed E-state index contributed by atoms with van der Waals surface area (Å²) in [5.41, 5.74) is 2.40.